The monoisotopic (exact) mass is 296 g/mol. The average molecular weight is 297 g/mol. The van der Waals surface area contributed by atoms with Crippen molar-refractivity contribution in [3.05, 3.63) is 28.2 Å². The number of anilines is 1. The van der Waals surface area contributed by atoms with Gasteiger partial charge in [0, 0.05) is 16.2 Å². The molecule has 5 heteroatoms. The van der Waals surface area contributed by atoms with Crippen molar-refractivity contribution >= 4 is 27.6 Å². The third kappa shape index (κ3) is 4.08. The van der Waals surface area contributed by atoms with Gasteiger partial charge in [0.1, 0.15) is 0 Å². The van der Waals surface area contributed by atoms with E-state index in [9.17, 15) is 4.79 Å². The summed E-state index contributed by atoms with van der Waals surface area (Å²) < 4.78 is 0.764. The molecule has 0 aliphatic carbocycles. The van der Waals surface area contributed by atoms with Crippen LogP contribution < -0.4 is 5.32 Å². The van der Waals surface area contributed by atoms with Crippen LogP contribution in [0, 0.1) is 11.3 Å². The number of nitrogens with one attached hydrogen (secondary N) is 1. The highest BCUT2D eigenvalue weighted by molar-refractivity contribution is 9.10. The Kier molecular flexibility index (Phi) is 4.98. The van der Waals surface area contributed by atoms with Crippen molar-refractivity contribution in [3.8, 4) is 6.07 Å². The van der Waals surface area contributed by atoms with Gasteiger partial charge in [0.25, 0.3) is 0 Å². The van der Waals surface area contributed by atoms with Gasteiger partial charge in [-0.15, -0.1) is 0 Å². The van der Waals surface area contributed by atoms with Gasteiger partial charge in [0.05, 0.1) is 18.1 Å². The molecule has 0 heterocycles. The maximum absolute atomic E-state index is 10.6. The number of aliphatic carboxylic acids is 1. The lowest BCUT2D eigenvalue weighted by Gasteiger charge is -2.17. The van der Waals surface area contributed by atoms with E-state index >= 15 is 0 Å². The maximum Gasteiger partial charge on any atom is 0.305 e. The number of rotatable bonds is 5. The summed E-state index contributed by atoms with van der Waals surface area (Å²) in [5.74, 6) is -0.825. The molecule has 1 aromatic carbocycles. The topological polar surface area (TPSA) is 73.1 Å². The highest BCUT2D eigenvalue weighted by Crippen LogP contribution is 2.25. The second-order valence-corrected chi connectivity index (χ2v) is 4.51. The first kappa shape index (κ1) is 13.5. The molecule has 0 radical (unpaired) electrons. The molecule has 0 aliphatic rings. The van der Waals surface area contributed by atoms with Crippen molar-refractivity contribution in [3.63, 3.8) is 0 Å². The highest BCUT2D eigenvalue weighted by Gasteiger charge is 2.12. The third-order valence-electron chi connectivity index (χ3n) is 2.37. The highest BCUT2D eigenvalue weighted by atomic mass is 79.9. The van der Waals surface area contributed by atoms with Crippen LogP contribution in [0.1, 0.15) is 25.3 Å². The number of hydrogen-bond donors (Lipinski definition) is 2. The summed E-state index contributed by atoms with van der Waals surface area (Å²) in [5, 5.41) is 20.6. The number of halogens is 1. The fraction of sp³-hybridized carbons (Fsp3) is 0.333. The van der Waals surface area contributed by atoms with E-state index in [1.807, 2.05) is 13.0 Å². The van der Waals surface area contributed by atoms with Gasteiger partial charge in [-0.25, -0.2) is 0 Å². The van der Waals surface area contributed by atoms with E-state index < -0.39 is 5.97 Å². The number of benzene rings is 1. The summed E-state index contributed by atoms with van der Waals surface area (Å²) in [6.45, 7) is 1.93. The van der Waals surface area contributed by atoms with Crippen molar-refractivity contribution in [1.29, 1.82) is 5.26 Å². The van der Waals surface area contributed by atoms with E-state index in [-0.39, 0.29) is 12.5 Å². The van der Waals surface area contributed by atoms with Gasteiger partial charge in [-0.05, 0) is 40.5 Å². The first-order chi connectivity index (χ1) is 8.06. The lowest BCUT2D eigenvalue weighted by molar-refractivity contribution is -0.137. The Morgan fingerprint density at radius 2 is 2.35 bits per heavy atom. The molecule has 0 aliphatic heterocycles. The quantitative estimate of drug-likeness (QED) is 0.876. The normalized spacial score (nSPS) is 11.6. The van der Waals surface area contributed by atoms with Gasteiger partial charge < -0.3 is 10.4 Å². The van der Waals surface area contributed by atoms with Gasteiger partial charge in [0.15, 0.2) is 0 Å². The molecule has 90 valence electrons. The standard InChI is InChI=1S/C12H13BrN2O2/c1-2-9(6-12(16)17)15-11-4-3-8(7-14)5-10(11)13/h3-5,9,15H,2,6H2,1H3,(H,16,17). The maximum atomic E-state index is 10.6. The molecule has 4 nitrogen and oxygen atoms in total. The van der Waals surface area contributed by atoms with Crippen LogP contribution in [0.5, 0.6) is 0 Å². The molecule has 2 N–H and O–H groups in total. The molecular formula is C12H13BrN2O2. The predicted molar refractivity (Wildman–Crippen MR) is 68.8 cm³/mol. The van der Waals surface area contributed by atoms with Crippen LogP contribution in [0.3, 0.4) is 0 Å². The molecule has 1 unspecified atom stereocenters. The number of carbonyl (C=O) groups is 1. The molecule has 0 fully saturated rings. The van der Waals surface area contributed by atoms with Crippen molar-refractivity contribution in [1.82, 2.24) is 0 Å². The van der Waals surface area contributed by atoms with Crippen molar-refractivity contribution in [2.24, 2.45) is 0 Å². The largest absolute Gasteiger partial charge is 0.481 e. The minimum Gasteiger partial charge on any atom is -0.481 e. The fourth-order valence-corrected chi connectivity index (χ4v) is 1.92. The first-order valence-corrected chi connectivity index (χ1v) is 6.04. The van der Waals surface area contributed by atoms with Gasteiger partial charge in [-0.1, -0.05) is 6.92 Å². The Hall–Kier alpha value is -1.54. The van der Waals surface area contributed by atoms with Crippen LogP contribution >= 0.6 is 15.9 Å². The van der Waals surface area contributed by atoms with Crippen LogP contribution in [0.15, 0.2) is 22.7 Å². The van der Waals surface area contributed by atoms with Crippen LogP contribution in [-0.4, -0.2) is 17.1 Å². The van der Waals surface area contributed by atoms with Crippen molar-refractivity contribution in [2.75, 3.05) is 5.32 Å². The second-order valence-electron chi connectivity index (χ2n) is 3.65. The Bertz CT molecular complexity index is 454. The summed E-state index contributed by atoms with van der Waals surface area (Å²) in [6.07, 6.45) is 0.793. The van der Waals surface area contributed by atoms with Crippen molar-refractivity contribution in [2.45, 2.75) is 25.8 Å². The number of nitrogens with zero attached hydrogens (tertiary/aromatic N) is 1. The third-order valence-corrected chi connectivity index (χ3v) is 3.03. The van der Waals surface area contributed by atoms with Crippen LogP contribution in [-0.2, 0) is 4.79 Å². The van der Waals surface area contributed by atoms with Gasteiger partial charge >= 0.3 is 5.97 Å². The van der Waals surface area contributed by atoms with Crippen LogP contribution in [0.25, 0.3) is 0 Å². The Labute approximate surface area is 108 Å². The molecule has 0 saturated carbocycles. The molecule has 0 aromatic heterocycles. The smallest absolute Gasteiger partial charge is 0.305 e. The fourth-order valence-electron chi connectivity index (χ4n) is 1.43. The Morgan fingerprint density at radius 1 is 1.65 bits per heavy atom. The second kappa shape index (κ2) is 6.26. The zero-order valence-electron chi connectivity index (χ0n) is 9.40. The molecular weight excluding hydrogens is 284 g/mol. The van der Waals surface area contributed by atoms with Gasteiger partial charge in [-0.2, -0.15) is 5.26 Å². The van der Waals surface area contributed by atoms with E-state index in [1.54, 1.807) is 18.2 Å². The van der Waals surface area contributed by atoms with E-state index in [2.05, 4.69) is 21.2 Å². The zero-order chi connectivity index (χ0) is 12.8. The lowest BCUT2D eigenvalue weighted by Crippen LogP contribution is -2.22. The number of carboxylic acid groups (broad SMARTS) is 1. The molecule has 1 aromatic rings. The molecule has 0 bridgehead atoms. The number of carboxylic acids is 1. The minimum atomic E-state index is -0.825. The first-order valence-electron chi connectivity index (χ1n) is 5.24. The number of hydrogen-bond acceptors (Lipinski definition) is 3. The molecule has 0 amide bonds. The average Bonchev–Trinajstić information content (AvgIpc) is 2.29. The lowest BCUT2D eigenvalue weighted by atomic mass is 10.1. The van der Waals surface area contributed by atoms with E-state index in [4.69, 9.17) is 10.4 Å². The molecule has 0 saturated heterocycles. The van der Waals surface area contributed by atoms with E-state index in [0.29, 0.717) is 5.56 Å². The molecule has 0 spiro atoms. The predicted octanol–water partition coefficient (Wildman–Crippen LogP) is 2.99. The van der Waals surface area contributed by atoms with Gasteiger partial charge in [0.2, 0.25) is 0 Å². The van der Waals surface area contributed by atoms with Gasteiger partial charge in [-0.3, -0.25) is 4.79 Å². The summed E-state index contributed by atoms with van der Waals surface area (Å²) in [7, 11) is 0. The van der Waals surface area contributed by atoms with Crippen LogP contribution in [0.4, 0.5) is 5.69 Å². The number of nitriles is 1. The molecule has 1 atom stereocenters. The van der Waals surface area contributed by atoms with Crippen molar-refractivity contribution < 1.29 is 9.90 Å². The molecule has 1 rings (SSSR count). The summed E-state index contributed by atoms with van der Waals surface area (Å²) in [6, 6.07) is 7.10. The SMILES string of the molecule is CCC(CC(=O)O)Nc1ccc(C#N)cc1Br. The van der Waals surface area contributed by atoms with E-state index in [0.717, 1.165) is 16.6 Å². The minimum absolute atomic E-state index is 0.0724. The molecule has 17 heavy (non-hydrogen) atoms. The summed E-state index contributed by atoms with van der Waals surface area (Å²) in [4.78, 5) is 10.6. The van der Waals surface area contributed by atoms with E-state index in [1.165, 1.54) is 0 Å². The summed E-state index contributed by atoms with van der Waals surface area (Å²) in [5.41, 5.74) is 1.37. The Morgan fingerprint density at radius 3 is 2.82 bits per heavy atom. The zero-order valence-corrected chi connectivity index (χ0v) is 11.0. The summed E-state index contributed by atoms with van der Waals surface area (Å²) >= 11 is 3.35. The van der Waals surface area contributed by atoms with Crippen LogP contribution in [0.2, 0.25) is 0 Å². The Balaban J connectivity index is 2.80.